The van der Waals surface area contributed by atoms with Gasteiger partial charge in [0, 0.05) is 10.5 Å². The van der Waals surface area contributed by atoms with Gasteiger partial charge in [0.25, 0.3) is 0 Å². The first-order valence-electron chi connectivity index (χ1n) is 5.16. The minimum Gasteiger partial charge on any atom is -0.384 e. The van der Waals surface area contributed by atoms with Crippen LogP contribution >= 0.6 is 15.9 Å². The highest BCUT2D eigenvalue weighted by atomic mass is 79.9. The number of nitrogens with two attached hydrogens (primary N) is 1. The van der Waals surface area contributed by atoms with Crippen LogP contribution in [0.5, 0.6) is 0 Å². The van der Waals surface area contributed by atoms with Gasteiger partial charge in [0.15, 0.2) is 0 Å². The number of benzene rings is 1. The van der Waals surface area contributed by atoms with E-state index in [0.29, 0.717) is 28.7 Å². The van der Waals surface area contributed by atoms with E-state index in [1.165, 1.54) is 0 Å². The number of nitrogens with one attached hydrogen (secondary N) is 1. The molecule has 1 heterocycles. The summed E-state index contributed by atoms with van der Waals surface area (Å²) in [6.07, 6.45) is 0. The lowest BCUT2D eigenvalue weighted by atomic mass is 10.2. The van der Waals surface area contributed by atoms with Gasteiger partial charge >= 0.3 is 0 Å². The molecular weight excluding hydrogens is 294 g/mol. The van der Waals surface area contributed by atoms with Gasteiger partial charge in [-0.25, -0.2) is 9.97 Å². The van der Waals surface area contributed by atoms with Crippen LogP contribution < -0.4 is 11.1 Å². The SMILES string of the molecule is Cc1nc(N)cc(Nc2ccc(Br)cc2C#N)n1. The molecular formula is C12H10BrN5. The van der Waals surface area contributed by atoms with E-state index in [1.807, 2.05) is 6.07 Å². The Labute approximate surface area is 113 Å². The Balaban J connectivity index is 2.37. The maximum atomic E-state index is 9.06. The highest BCUT2D eigenvalue weighted by molar-refractivity contribution is 9.10. The molecule has 0 fully saturated rings. The lowest BCUT2D eigenvalue weighted by Gasteiger charge is -2.08. The molecule has 2 aromatic rings. The van der Waals surface area contributed by atoms with Crippen LogP contribution in [0.4, 0.5) is 17.3 Å². The standard InChI is InChI=1S/C12H10BrN5/c1-7-16-11(15)5-12(17-7)18-10-3-2-9(13)4-8(10)6-14/h2-5H,1H3,(H3,15,16,17,18). The second-order valence-corrected chi connectivity index (χ2v) is 4.57. The Morgan fingerprint density at radius 3 is 2.78 bits per heavy atom. The molecule has 18 heavy (non-hydrogen) atoms. The van der Waals surface area contributed by atoms with Gasteiger partial charge < -0.3 is 11.1 Å². The number of nitrogen functional groups attached to an aromatic ring is 1. The predicted molar refractivity (Wildman–Crippen MR) is 73.3 cm³/mol. The van der Waals surface area contributed by atoms with Crippen LogP contribution in [-0.2, 0) is 0 Å². The largest absolute Gasteiger partial charge is 0.384 e. The van der Waals surface area contributed by atoms with Crippen molar-refractivity contribution in [2.75, 3.05) is 11.1 Å². The van der Waals surface area contributed by atoms with Crippen molar-refractivity contribution in [1.82, 2.24) is 9.97 Å². The zero-order chi connectivity index (χ0) is 13.1. The summed E-state index contributed by atoms with van der Waals surface area (Å²) in [5, 5.41) is 12.1. The van der Waals surface area contributed by atoms with Gasteiger partial charge in [-0.05, 0) is 25.1 Å². The van der Waals surface area contributed by atoms with Crippen LogP contribution in [0.25, 0.3) is 0 Å². The molecule has 0 unspecified atom stereocenters. The minimum atomic E-state index is 0.389. The van der Waals surface area contributed by atoms with E-state index >= 15 is 0 Å². The number of anilines is 3. The van der Waals surface area contributed by atoms with Crippen LogP contribution in [0.15, 0.2) is 28.7 Å². The summed E-state index contributed by atoms with van der Waals surface area (Å²) in [6.45, 7) is 1.76. The normalized spacial score (nSPS) is 9.83. The van der Waals surface area contributed by atoms with Crippen molar-refractivity contribution in [1.29, 1.82) is 5.26 Å². The molecule has 0 saturated carbocycles. The van der Waals surface area contributed by atoms with Crippen molar-refractivity contribution in [2.45, 2.75) is 6.92 Å². The number of rotatable bonds is 2. The fraction of sp³-hybridized carbons (Fsp3) is 0.0833. The third-order valence-electron chi connectivity index (χ3n) is 2.22. The molecule has 6 heteroatoms. The number of nitrogens with zero attached hydrogens (tertiary/aromatic N) is 3. The Hall–Kier alpha value is -2.13. The Bertz CT molecular complexity index is 613. The molecule has 0 aliphatic heterocycles. The highest BCUT2D eigenvalue weighted by Gasteiger charge is 2.05. The van der Waals surface area contributed by atoms with Crippen molar-refractivity contribution in [2.24, 2.45) is 0 Å². The molecule has 0 amide bonds. The molecule has 0 saturated heterocycles. The van der Waals surface area contributed by atoms with E-state index in [9.17, 15) is 0 Å². The first-order valence-corrected chi connectivity index (χ1v) is 5.95. The quantitative estimate of drug-likeness (QED) is 0.890. The van der Waals surface area contributed by atoms with Gasteiger partial charge in [0.1, 0.15) is 23.5 Å². The second-order valence-electron chi connectivity index (χ2n) is 3.65. The minimum absolute atomic E-state index is 0.389. The highest BCUT2D eigenvalue weighted by Crippen LogP contribution is 2.23. The average Bonchev–Trinajstić information content (AvgIpc) is 2.30. The van der Waals surface area contributed by atoms with Crippen molar-refractivity contribution < 1.29 is 0 Å². The van der Waals surface area contributed by atoms with Crippen LogP contribution in [0.3, 0.4) is 0 Å². The number of aromatic nitrogens is 2. The monoisotopic (exact) mass is 303 g/mol. The van der Waals surface area contributed by atoms with E-state index in [0.717, 1.165) is 4.47 Å². The number of hydrogen-bond acceptors (Lipinski definition) is 5. The third-order valence-corrected chi connectivity index (χ3v) is 2.72. The van der Waals surface area contributed by atoms with Gasteiger partial charge in [-0.3, -0.25) is 0 Å². The fourth-order valence-corrected chi connectivity index (χ4v) is 1.87. The van der Waals surface area contributed by atoms with Crippen molar-refractivity contribution in [3.8, 4) is 6.07 Å². The first kappa shape index (κ1) is 12.3. The molecule has 2 rings (SSSR count). The molecule has 0 atom stereocenters. The fourth-order valence-electron chi connectivity index (χ4n) is 1.51. The molecule has 0 spiro atoms. The molecule has 1 aromatic carbocycles. The van der Waals surface area contributed by atoms with Crippen LogP contribution in [0, 0.1) is 18.3 Å². The van der Waals surface area contributed by atoms with E-state index in [1.54, 1.807) is 25.1 Å². The number of halogens is 1. The first-order chi connectivity index (χ1) is 8.58. The third kappa shape index (κ3) is 2.76. The zero-order valence-corrected chi connectivity index (χ0v) is 11.2. The summed E-state index contributed by atoms with van der Waals surface area (Å²) in [6, 6.07) is 9.13. The van der Waals surface area contributed by atoms with E-state index in [4.69, 9.17) is 11.0 Å². The number of aryl methyl sites for hydroxylation is 1. The van der Waals surface area contributed by atoms with E-state index in [-0.39, 0.29) is 0 Å². The van der Waals surface area contributed by atoms with Crippen molar-refractivity contribution >= 4 is 33.3 Å². The Kier molecular flexibility index (Phi) is 3.44. The number of hydrogen-bond donors (Lipinski definition) is 2. The Morgan fingerprint density at radius 2 is 2.11 bits per heavy atom. The summed E-state index contributed by atoms with van der Waals surface area (Å²) in [5.74, 6) is 1.53. The lowest BCUT2D eigenvalue weighted by molar-refractivity contribution is 1.06. The van der Waals surface area contributed by atoms with Gasteiger partial charge in [-0.1, -0.05) is 15.9 Å². The van der Waals surface area contributed by atoms with E-state index < -0.39 is 0 Å². The summed E-state index contributed by atoms with van der Waals surface area (Å²) >= 11 is 3.32. The van der Waals surface area contributed by atoms with Crippen LogP contribution in [0.2, 0.25) is 0 Å². The maximum absolute atomic E-state index is 9.06. The average molecular weight is 304 g/mol. The summed E-state index contributed by atoms with van der Waals surface area (Å²) in [5.41, 5.74) is 6.85. The van der Waals surface area contributed by atoms with Gasteiger partial charge in [0.05, 0.1) is 11.3 Å². The molecule has 90 valence electrons. The molecule has 0 aliphatic carbocycles. The molecule has 1 aromatic heterocycles. The smallest absolute Gasteiger partial charge is 0.136 e. The van der Waals surface area contributed by atoms with Crippen LogP contribution in [0.1, 0.15) is 11.4 Å². The maximum Gasteiger partial charge on any atom is 0.136 e. The second kappa shape index (κ2) is 5.02. The molecule has 0 radical (unpaired) electrons. The predicted octanol–water partition coefficient (Wildman–Crippen LogP) is 2.75. The summed E-state index contributed by atoms with van der Waals surface area (Å²) < 4.78 is 0.850. The topological polar surface area (TPSA) is 87.6 Å². The van der Waals surface area contributed by atoms with Gasteiger partial charge in [0.2, 0.25) is 0 Å². The molecule has 5 nitrogen and oxygen atoms in total. The molecule has 0 aliphatic rings. The van der Waals surface area contributed by atoms with Crippen molar-refractivity contribution in [3.63, 3.8) is 0 Å². The Morgan fingerprint density at radius 1 is 1.33 bits per heavy atom. The number of nitriles is 1. The van der Waals surface area contributed by atoms with Crippen molar-refractivity contribution in [3.05, 3.63) is 40.1 Å². The molecule has 0 bridgehead atoms. The lowest BCUT2D eigenvalue weighted by Crippen LogP contribution is -2.01. The van der Waals surface area contributed by atoms with Gasteiger partial charge in [-0.15, -0.1) is 0 Å². The molecule has 3 N–H and O–H groups in total. The summed E-state index contributed by atoms with van der Waals surface area (Å²) in [7, 11) is 0. The van der Waals surface area contributed by atoms with E-state index in [2.05, 4.69) is 37.3 Å². The zero-order valence-electron chi connectivity index (χ0n) is 9.61. The summed E-state index contributed by atoms with van der Waals surface area (Å²) in [4.78, 5) is 8.19. The van der Waals surface area contributed by atoms with Crippen LogP contribution in [-0.4, -0.2) is 9.97 Å². The van der Waals surface area contributed by atoms with Gasteiger partial charge in [-0.2, -0.15) is 5.26 Å².